The Morgan fingerprint density at radius 3 is 2.77 bits per heavy atom. The second-order valence-corrected chi connectivity index (χ2v) is 7.03. The molecule has 1 aliphatic rings. The SMILES string of the molecule is Cc1ncsc1-c1ccc(CNC(=O)CC(=O)ON2CCCC2)cc1O. The average Bonchev–Trinajstić information content (AvgIpc) is 3.25. The zero-order chi connectivity index (χ0) is 18.5. The normalized spacial score (nSPS) is 14.3. The number of rotatable bonds is 6. The van der Waals surface area contributed by atoms with Gasteiger partial charge in [-0.25, -0.2) is 9.78 Å². The second kappa shape index (κ2) is 8.29. The zero-order valence-corrected chi connectivity index (χ0v) is 15.3. The molecular weight excluding hydrogens is 354 g/mol. The van der Waals surface area contributed by atoms with Gasteiger partial charge in [0.15, 0.2) is 0 Å². The molecule has 3 rings (SSSR count). The van der Waals surface area contributed by atoms with E-state index >= 15 is 0 Å². The number of phenolic OH excluding ortho intramolecular Hbond substituents is 1. The molecule has 0 saturated carbocycles. The summed E-state index contributed by atoms with van der Waals surface area (Å²) in [6, 6.07) is 5.24. The highest BCUT2D eigenvalue weighted by atomic mass is 32.1. The van der Waals surface area contributed by atoms with E-state index in [1.165, 1.54) is 11.3 Å². The number of amides is 1. The molecule has 7 nitrogen and oxygen atoms in total. The maximum absolute atomic E-state index is 11.9. The van der Waals surface area contributed by atoms with Crippen molar-refractivity contribution >= 4 is 23.2 Å². The first-order valence-corrected chi connectivity index (χ1v) is 9.35. The molecule has 0 atom stereocenters. The maximum Gasteiger partial charge on any atom is 0.334 e. The molecule has 1 saturated heterocycles. The van der Waals surface area contributed by atoms with E-state index in [1.54, 1.807) is 22.7 Å². The lowest BCUT2D eigenvalue weighted by molar-refractivity contribution is -0.185. The van der Waals surface area contributed by atoms with Crippen molar-refractivity contribution in [3.05, 3.63) is 35.0 Å². The van der Waals surface area contributed by atoms with E-state index in [-0.39, 0.29) is 18.7 Å². The molecule has 1 fully saturated rings. The number of hydrogen-bond acceptors (Lipinski definition) is 7. The van der Waals surface area contributed by atoms with Crippen molar-refractivity contribution in [2.24, 2.45) is 0 Å². The maximum atomic E-state index is 11.9. The molecule has 2 aromatic rings. The Morgan fingerprint density at radius 2 is 2.12 bits per heavy atom. The number of nitrogens with zero attached hydrogens (tertiary/aromatic N) is 2. The second-order valence-electron chi connectivity index (χ2n) is 6.17. The molecule has 1 aromatic heterocycles. The number of aromatic hydroxyl groups is 1. The molecule has 2 heterocycles. The summed E-state index contributed by atoms with van der Waals surface area (Å²) in [6.45, 7) is 3.56. The first-order chi connectivity index (χ1) is 12.5. The molecule has 1 aliphatic heterocycles. The third-order valence-electron chi connectivity index (χ3n) is 4.14. The molecule has 26 heavy (non-hydrogen) atoms. The third-order valence-corrected chi connectivity index (χ3v) is 5.10. The highest BCUT2D eigenvalue weighted by Crippen LogP contribution is 2.34. The molecule has 0 unspecified atom stereocenters. The van der Waals surface area contributed by atoms with Gasteiger partial charge in [0.25, 0.3) is 0 Å². The summed E-state index contributed by atoms with van der Waals surface area (Å²) in [5.74, 6) is -0.822. The van der Waals surface area contributed by atoms with Gasteiger partial charge in [0.2, 0.25) is 5.91 Å². The monoisotopic (exact) mass is 375 g/mol. The van der Waals surface area contributed by atoms with Crippen LogP contribution in [0.3, 0.4) is 0 Å². The Kier molecular flexibility index (Phi) is 5.85. The van der Waals surface area contributed by atoms with Crippen molar-refractivity contribution < 1.29 is 19.5 Å². The van der Waals surface area contributed by atoms with Crippen LogP contribution in [0.4, 0.5) is 0 Å². The topological polar surface area (TPSA) is 91.8 Å². The van der Waals surface area contributed by atoms with Crippen LogP contribution in [0.5, 0.6) is 5.75 Å². The summed E-state index contributed by atoms with van der Waals surface area (Å²) in [6.07, 6.45) is 1.68. The van der Waals surface area contributed by atoms with Crippen molar-refractivity contribution in [3.8, 4) is 16.2 Å². The molecule has 8 heteroatoms. The minimum absolute atomic E-state index is 0.137. The van der Waals surface area contributed by atoms with E-state index in [2.05, 4.69) is 10.3 Å². The van der Waals surface area contributed by atoms with Gasteiger partial charge in [-0.15, -0.1) is 16.4 Å². The van der Waals surface area contributed by atoms with E-state index in [1.807, 2.05) is 13.0 Å². The van der Waals surface area contributed by atoms with Gasteiger partial charge in [-0.3, -0.25) is 4.79 Å². The van der Waals surface area contributed by atoms with Crippen LogP contribution in [-0.2, 0) is 21.0 Å². The lowest BCUT2D eigenvalue weighted by Crippen LogP contribution is -2.30. The van der Waals surface area contributed by atoms with Crippen molar-refractivity contribution in [2.45, 2.75) is 32.7 Å². The van der Waals surface area contributed by atoms with E-state index < -0.39 is 11.9 Å². The molecule has 0 bridgehead atoms. The minimum atomic E-state index is -0.553. The fourth-order valence-corrected chi connectivity index (χ4v) is 3.63. The first-order valence-electron chi connectivity index (χ1n) is 8.47. The Labute approximate surface area is 155 Å². The number of aromatic nitrogens is 1. The van der Waals surface area contributed by atoms with Gasteiger partial charge in [-0.1, -0.05) is 6.07 Å². The predicted molar refractivity (Wildman–Crippen MR) is 97.3 cm³/mol. The van der Waals surface area contributed by atoms with E-state index in [9.17, 15) is 14.7 Å². The number of phenols is 1. The number of carbonyl (C=O) groups is 2. The molecule has 2 N–H and O–H groups in total. The largest absolute Gasteiger partial charge is 0.507 e. The van der Waals surface area contributed by atoms with Crippen molar-refractivity contribution in [1.82, 2.24) is 15.4 Å². The highest BCUT2D eigenvalue weighted by Gasteiger charge is 2.18. The van der Waals surface area contributed by atoms with Crippen LogP contribution in [0.2, 0.25) is 0 Å². The van der Waals surface area contributed by atoms with Crippen LogP contribution in [0.25, 0.3) is 10.4 Å². The predicted octanol–water partition coefficient (Wildman–Crippen LogP) is 2.38. The van der Waals surface area contributed by atoms with Gasteiger partial charge < -0.3 is 15.3 Å². The smallest absolute Gasteiger partial charge is 0.334 e. The van der Waals surface area contributed by atoms with Crippen LogP contribution in [0.1, 0.15) is 30.5 Å². The Morgan fingerprint density at radius 1 is 1.35 bits per heavy atom. The first kappa shape index (κ1) is 18.3. The minimum Gasteiger partial charge on any atom is -0.507 e. The molecule has 138 valence electrons. The zero-order valence-electron chi connectivity index (χ0n) is 14.5. The van der Waals surface area contributed by atoms with Gasteiger partial charge >= 0.3 is 5.97 Å². The standard InChI is InChI=1S/C18H21N3O4S/c1-12-18(26-11-20-12)14-5-4-13(8-15(14)22)10-19-16(23)9-17(24)25-21-6-2-3-7-21/h4-5,8,11,22H,2-3,6-7,9-10H2,1H3,(H,19,23). The Bertz CT molecular complexity index is 799. The number of aryl methyl sites for hydroxylation is 1. The highest BCUT2D eigenvalue weighted by molar-refractivity contribution is 7.13. The van der Waals surface area contributed by atoms with Gasteiger partial charge in [0.1, 0.15) is 12.2 Å². The summed E-state index contributed by atoms with van der Waals surface area (Å²) < 4.78 is 0. The van der Waals surface area contributed by atoms with E-state index in [0.29, 0.717) is 5.56 Å². The van der Waals surface area contributed by atoms with E-state index in [4.69, 9.17) is 4.84 Å². The molecule has 0 aliphatic carbocycles. The molecule has 0 spiro atoms. The van der Waals surface area contributed by atoms with E-state index in [0.717, 1.165) is 42.1 Å². The number of nitrogens with one attached hydrogen (secondary N) is 1. The number of carbonyl (C=O) groups excluding carboxylic acids is 2. The molecular formula is C18H21N3O4S. The van der Waals surface area contributed by atoms with Gasteiger partial charge in [-0.2, -0.15) is 0 Å². The third kappa shape index (κ3) is 4.59. The fraction of sp³-hybridized carbons (Fsp3) is 0.389. The fourth-order valence-electron chi connectivity index (χ4n) is 2.79. The van der Waals surface area contributed by atoms with Crippen LogP contribution in [-0.4, -0.2) is 40.1 Å². The Hall–Kier alpha value is -2.45. The van der Waals surface area contributed by atoms with Crippen LogP contribution in [0.15, 0.2) is 23.7 Å². The van der Waals surface area contributed by atoms with Crippen LogP contribution < -0.4 is 5.32 Å². The summed E-state index contributed by atoms with van der Waals surface area (Å²) in [4.78, 5) is 33.8. The van der Waals surface area contributed by atoms with Crippen molar-refractivity contribution in [1.29, 1.82) is 0 Å². The molecule has 1 amide bonds. The summed E-state index contributed by atoms with van der Waals surface area (Å²) in [7, 11) is 0. The van der Waals surface area contributed by atoms with Gasteiger partial charge in [0, 0.05) is 25.2 Å². The van der Waals surface area contributed by atoms with Gasteiger partial charge in [-0.05, 0) is 37.5 Å². The van der Waals surface area contributed by atoms with Crippen molar-refractivity contribution in [3.63, 3.8) is 0 Å². The summed E-state index contributed by atoms with van der Waals surface area (Å²) >= 11 is 1.46. The number of hydroxylamine groups is 2. The van der Waals surface area contributed by atoms with Crippen molar-refractivity contribution in [2.75, 3.05) is 13.1 Å². The lowest BCUT2D eigenvalue weighted by Gasteiger charge is -2.14. The quantitative estimate of drug-likeness (QED) is 0.753. The number of hydrogen-bond donors (Lipinski definition) is 2. The van der Waals surface area contributed by atoms with Crippen LogP contribution in [0, 0.1) is 6.92 Å². The Balaban J connectivity index is 1.51. The molecule has 1 aromatic carbocycles. The number of thiazole rings is 1. The average molecular weight is 375 g/mol. The molecule has 0 radical (unpaired) electrons. The summed E-state index contributed by atoms with van der Waals surface area (Å²) in [5, 5.41) is 14.5. The lowest BCUT2D eigenvalue weighted by atomic mass is 10.1. The summed E-state index contributed by atoms with van der Waals surface area (Å²) in [5.41, 5.74) is 4.06. The van der Waals surface area contributed by atoms with Gasteiger partial charge in [0.05, 0.1) is 16.1 Å². The number of benzene rings is 1. The van der Waals surface area contributed by atoms with Crippen LogP contribution >= 0.6 is 11.3 Å².